The smallest absolute Gasteiger partial charge is 0.0682 e. The van der Waals surface area contributed by atoms with Crippen LogP contribution in [0.15, 0.2) is 0 Å². The Hall–Kier alpha value is -0.200. The van der Waals surface area contributed by atoms with Crippen LogP contribution in [-0.2, 0) is 0 Å². The van der Waals surface area contributed by atoms with Gasteiger partial charge in [-0.2, -0.15) is 0 Å². The molecule has 0 radical (unpaired) electrons. The number of nitrogens with zero attached hydrogens (tertiary/aromatic N) is 2. The van der Waals surface area contributed by atoms with Crippen molar-refractivity contribution in [2.24, 2.45) is 5.41 Å². The molecule has 5 heteroatoms. The maximum atomic E-state index is 9.74. The lowest BCUT2D eigenvalue weighted by molar-refractivity contribution is 0.0263. The van der Waals surface area contributed by atoms with Gasteiger partial charge in [-0.3, -0.25) is 4.90 Å². The normalized spacial score (nSPS) is 27.0. The molecule has 2 atom stereocenters. The molecular weight excluding hydrogens is 220 g/mol. The van der Waals surface area contributed by atoms with E-state index < -0.39 is 5.41 Å². The van der Waals surface area contributed by atoms with E-state index in [4.69, 9.17) is 0 Å². The molecule has 1 heterocycles. The van der Waals surface area contributed by atoms with Gasteiger partial charge in [0, 0.05) is 31.1 Å². The van der Waals surface area contributed by atoms with Gasteiger partial charge >= 0.3 is 0 Å². The van der Waals surface area contributed by atoms with Crippen LogP contribution in [0.3, 0.4) is 0 Å². The van der Waals surface area contributed by atoms with Crippen LogP contribution in [0, 0.1) is 5.41 Å². The summed E-state index contributed by atoms with van der Waals surface area (Å²) in [6, 6.07) is 0.303. The number of aliphatic hydroxyl groups is 3. The SMILES string of the molecule is CN(C)CC1CC(O)CN1CC(C)(CO)CO. The monoisotopic (exact) mass is 246 g/mol. The molecule has 0 aromatic heterocycles. The van der Waals surface area contributed by atoms with Crippen molar-refractivity contribution >= 4 is 0 Å². The maximum Gasteiger partial charge on any atom is 0.0682 e. The Labute approximate surface area is 104 Å². The summed E-state index contributed by atoms with van der Waals surface area (Å²) in [4.78, 5) is 4.28. The molecule has 17 heavy (non-hydrogen) atoms. The molecule has 5 nitrogen and oxygen atoms in total. The summed E-state index contributed by atoms with van der Waals surface area (Å²) in [5, 5.41) is 28.4. The van der Waals surface area contributed by atoms with E-state index in [0.29, 0.717) is 19.1 Å². The van der Waals surface area contributed by atoms with Crippen molar-refractivity contribution in [2.75, 3.05) is 46.9 Å². The van der Waals surface area contributed by atoms with Crippen molar-refractivity contribution in [3.8, 4) is 0 Å². The fourth-order valence-electron chi connectivity index (χ4n) is 2.40. The Balaban J connectivity index is 2.61. The lowest BCUT2D eigenvalue weighted by Gasteiger charge is -2.34. The fraction of sp³-hybridized carbons (Fsp3) is 1.00. The number of β-amino-alcohol motifs (C(OH)–C–C–N with tert-alkyl or cyclic N) is 1. The van der Waals surface area contributed by atoms with Gasteiger partial charge in [0.05, 0.1) is 19.3 Å². The number of likely N-dealkylation sites (N-methyl/N-ethyl adjacent to an activating group) is 1. The maximum absolute atomic E-state index is 9.74. The van der Waals surface area contributed by atoms with Gasteiger partial charge in [0.15, 0.2) is 0 Å². The Kier molecular flexibility index (Phi) is 5.34. The number of likely N-dealkylation sites (tertiary alicyclic amines) is 1. The quantitative estimate of drug-likeness (QED) is 0.559. The van der Waals surface area contributed by atoms with Gasteiger partial charge in [-0.1, -0.05) is 6.92 Å². The summed E-state index contributed by atoms with van der Waals surface area (Å²) < 4.78 is 0. The molecule has 1 fully saturated rings. The Morgan fingerprint density at radius 1 is 1.29 bits per heavy atom. The molecule has 0 bridgehead atoms. The summed E-state index contributed by atoms with van der Waals surface area (Å²) in [5.41, 5.74) is -0.491. The van der Waals surface area contributed by atoms with E-state index in [1.54, 1.807) is 0 Å². The minimum Gasteiger partial charge on any atom is -0.396 e. The second kappa shape index (κ2) is 6.11. The molecule has 1 rings (SSSR count). The molecule has 1 saturated heterocycles. The van der Waals surface area contributed by atoms with E-state index in [-0.39, 0.29) is 19.3 Å². The van der Waals surface area contributed by atoms with Crippen molar-refractivity contribution in [3.05, 3.63) is 0 Å². The van der Waals surface area contributed by atoms with E-state index in [0.717, 1.165) is 13.0 Å². The largest absolute Gasteiger partial charge is 0.396 e. The molecule has 0 aliphatic carbocycles. The predicted molar refractivity (Wildman–Crippen MR) is 66.8 cm³/mol. The lowest BCUT2D eigenvalue weighted by atomic mass is 9.92. The van der Waals surface area contributed by atoms with E-state index in [1.807, 2.05) is 21.0 Å². The van der Waals surface area contributed by atoms with Crippen LogP contribution in [-0.4, -0.2) is 84.2 Å². The number of rotatable bonds is 6. The Morgan fingerprint density at radius 3 is 2.35 bits per heavy atom. The summed E-state index contributed by atoms with van der Waals surface area (Å²) in [6.07, 6.45) is 0.479. The van der Waals surface area contributed by atoms with Crippen LogP contribution in [0.5, 0.6) is 0 Å². The minimum atomic E-state index is -0.491. The number of hydrogen-bond acceptors (Lipinski definition) is 5. The van der Waals surface area contributed by atoms with Crippen LogP contribution < -0.4 is 0 Å². The minimum absolute atomic E-state index is 0.0369. The first-order valence-electron chi connectivity index (χ1n) is 6.19. The van der Waals surface area contributed by atoms with E-state index in [1.165, 1.54) is 0 Å². The Bertz CT molecular complexity index is 232. The third kappa shape index (κ3) is 4.19. The average Bonchev–Trinajstić information content (AvgIpc) is 2.57. The van der Waals surface area contributed by atoms with Crippen molar-refractivity contribution in [1.82, 2.24) is 9.80 Å². The third-order valence-corrected chi connectivity index (χ3v) is 3.43. The van der Waals surface area contributed by atoms with E-state index in [9.17, 15) is 15.3 Å². The van der Waals surface area contributed by atoms with Crippen molar-refractivity contribution in [2.45, 2.75) is 25.5 Å². The number of hydrogen-bond donors (Lipinski definition) is 3. The van der Waals surface area contributed by atoms with Crippen LogP contribution in [0.2, 0.25) is 0 Å². The average molecular weight is 246 g/mol. The topological polar surface area (TPSA) is 67.2 Å². The highest BCUT2D eigenvalue weighted by Gasteiger charge is 2.35. The van der Waals surface area contributed by atoms with Crippen LogP contribution >= 0.6 is 0 Å². The van der Waals surface area contributed by atoms with Crippen molar-refractivity contribution in [1.29, 1.82) is 0 Å². The van der Waals surface area contributed by atoms with E-state index >= 15 is 0 Å². The highest BCUT2D eigenvalue weighted by molar-refractivity contribution is 4.90. The van der Waals surface area contributed by atoms with Crippen LogP contribution in [0.25, 0.3) is 0 Å². The molecule has 1 aliphatic heterocycles. The Morgan fingerprint density at radius 2 is 1.88 bits per heavy atom. The van der Waals surface area contributed by atoms with Gasteiger partial charge in [-0.25, -0.2) is 0 Å². The van der Waals surface area contributed by atoms with Crippen LogP contribution in [0.1, 0.15) is 13.3 Å². The van der Waals surface area contributed by atoms with Gasteiger partial charge in [0.25, 0.3) is 0 Å². The molecule has 0 spiro atoms. The van der Waals surface area contributed by atoms with Gasteiger partial charge in [0.1, 0.15) is 0 Å². The predicted octanol–water partition coefficient (Wildman–Crippen LogP) is -1.03. The molecule has 0 aromatic rings. The summed E-state index contributed by atoms with van der Waals surface area (Å²) in [6.45, 7) is 3.94. The van der Waals surface area contributed by atoms with Crippen molar-refractivity contribution < 1.29 is 15.3 Å². The van der Waals surface area contributed by atoms with Gasteiger partial charge in [-0.15, -0.1) is 0 Å². The molecule has 2 unspecified atom stereocenters. The zero-order chi connectivity index (χ0) is 13.1. The highest BCUT2D eigenvalue weighted by atomic mass is 16.3. The van der Waals surface area contributed by atoms with Crippen LogP contribution in [0.4, 0.5) is 0 Å². The highest BCUT2D eigenvalue weighted by Crippen LogP contribution is 2.24. The first-order valence-corrected chi connectivity index (χ1v) is 6.19. The zero-order valence-electron chi connectivity index (χ0n) is 11.1. The summed E-state index contributed by atoms with van der Waals surface area (Å²) in [5.74, 6) is 0. The molecular formula is C12H26N2O3. The number of aliphatic hydroxyl groups excluding tert-OH is 3. The van der Waals surface area contributed by atoms with Gasteiger partial charge in [-0.05, 0) is 20.5 Å². The molecule has 0 amide bonds. The molecule has 1 aliphatic rings. The molecule has 0 saturated carbocycles. The van der Waals surface area contributed by atoms with Gasteiger partial charge in [0.2, 0.25) is 0 Å². The van der Waals surface area contributed by atoms with Crippen molar-refractivity contribution in [3.63, 3.8) is 0 Å². The standard InChI is InChI=1S/C12H26N2O3/c1-12(8-15,9-16)7-14-6-11(17)4-10(14)5-13(2)3/h10-11,15-17H,4-9H2,1-3H3. The summed E-state index contributed by atoms with van der Waals surface area (Å²) in [7, 11) is 4.03. The summed E-state index contributed by atoms with van der Waals surface area (Å²) >= 11 is 0. The van der Waals surface area contributed by atoms with E-state index in [2.05, 4.69) is 9.80 Å². The molecule has 0 aromatic carbocycles. The third-order valence-electron chi connectivity index (χ3n) is 3.43. The zero-order valence-corrected chi connectivity index (χ0v) is 11.1. The first kappa shape index (κ1) is 14.9. The second-order valence-corrected chi connectivity index (χ2v) is 5.86. The molecule has 102 valence electrons. The molecule has 3 N–H and O–H groups in total. The van der Waals surface area contributed by atoms with Gasteiger partial charge < -0.3 is 20.2 Å². The second-order valence-electron chi connectivity index (χ2n) is 5.86. The lowest BCUT2D eigenvalue weighted by Crippen LogP contribution is -2.46. The first-order chi connectivity index (χ1) is 7.90. The fourth-order valence-corrected chi connectivity index (χ4v) is 2.40.